The van der Waals surface area contributed by atoms with Crippen molar-refractivity contribution >= 4 is 17.7 Å². The van der Waals surface area contributed by atoms with Crippen LogP contribution in [0.2, 0.25) is 0 Å². The third-order valence-corrected chi connectivity index (χ3v) is 2.18. The van der Waals surface area contributed by atoms with Gasteiger partial charge in [-0.25, -0.2) is 9.97 Å². The number of carbonyl (C=O) groups excluding carboxylic acids is 1. The fourth-order valence-corrected chi connectivity index (χ4v) is 1.20. The smallest absolute Gasteiger partial charge is 0.254 e. The van der Waals surface area contributed by atoms with Gasteiger partial charge in [0.15, 0.2) is 5.16 Å². The van der Waals surface area contributed by atoms with Gasteiger partial charge in [-0.1, -0.05) is 18.7 Å². The van der Waals surface area contributed by atoms with Crippen molar-refractivity contribution in [2.24, 2.45) is 0 Å². The molecule has 14 heavy (non-hydrogen) atoms. The van der Waals surface area contributed by atoms with Gasteiger partial charge in [-0.15, -0.1) is 0 Å². The largest absolute Gasteiger partial charge is 0.352 e. The Balaban J connectivity index is 2.62. The van der Waals surface area contributed by atoms with Gasteiger partial charge in [-0.3, -0.25) is 4.79 Å². The minimum absolute atomic E-state index is 0.112. The van der Waals surface area contributed by atoms with Crippen LogP contribution in [0.1, 0.15) is 23.7 Å². The molecule has 0 aliphatic heterocycles. The molecule has 0 aromatic carbocycles. The molecule has 4 nitrogen and oxygen atoms in total. The second-order valence-electron chi connectivity index (χ2n) is 2.71. The molecule has 1 aromatic rings. The van der Waals surface area contributed by atoms with Crippen molar-refractivity contribution in [1.29, 1.82) is 0 Å². The number of nitrogens with one attached hydrogen (secondary N) is 1. The van der Waals surface area contributed by atoms with Crippen molar-refractivity contribution in [3.05, 3.63) is 18.0 Å². The van der Waals surface area contributed by atoms with Crippen LogP contribution in [-0.2, 0) is 0 Å². The monoisotopic (exact) mass is 211 g/mol. The normalized spacial score (nSPS) is 9.86. The number of thioether (sulfide) groups is 1. The molecule has 1 N–H and O–H groups in total. The van der Waals surface area contributed by atoms with E-state index in [9.17, 15) is 4.79 Å². The molecule has 0 bridgehead atoms. The van der Waals surface area contributed by atoms with Gasteiger partial charge in [0, 0.05) is 18.9 Å². The molecule has 0 fully saturated rings. The Morgan fingerprint density at radius 2 is 2.14 bits per heavy atom. The van der Waals surface area contributed by atoms with E-state index in [-0.39, 0.29) is 5.91 Å². The summed E-state index contributed by atoms with van der Waals surface area (Å²) in [6.07, 6.45) is 5.91. The molecule has 0 saturated carbocycles. The fourth-order valence-electron chi connectivity index (χ4n) is 0.879. The van der Waals surface area contributed by atoms with E-state index >= 15 is 0 Å². The topological polar surface area (TPSA) is 54.9 Å². The quantitative estimate of drug-likeness (QED) is 0.603. The van der Waals surface area contributed by atoms with Crippen molar-refractivity contribution in [2.45, 2.75) is 18.5 Å². The fraction of sp³-hybridized carbons (Fsp3) is 0.444. The summed E-state index contributed by atoms with van der Waals surface area (Å²) in [6.45, 7) is 2.69. The summed E-state index contributed by atoms with van der Waals surface area (Å²) in [5.74, 6) is -0.112. The molecule has 1 heterocycles. The van der Waals surface area contributed by atoms with Gasteiger partial charge in [0.2, 0.25) is 0 Å². The lowest BCUT2D eigenvalue weighted by Crippen LogP contribution is -2.24. The van der Waals surface area contributed by atoms with E-state index in [0.29, 0.717) is 17.3 Å². The Bertz CT molecular complexity index is 299. The Kier molecular flexibility index (Phi) is 4.39. The second kappa shape index (κ2) is 5.59. The highest BCUT2D eigenvalue weighted by molar-refractivity contribution is 7.98. The third-order valence-electron chi connectivity index (χ3n) is 1.61. The maximum Gasteiger partial charge on any atom is 0.254 e. The van der Waals surface area contributed by atoms with Gasteiger partial charge in [-0.2, -0.15) is 0 Å². The third kappa shape index (κ3) is 2.99. The first-order valence-electron chi connectivity index (χ1n) is 4.42. The predicted octanol–water partition coefficient (Wildman–Crippen LogP) is 1.34. The minimum Gasteiger partial charge on any atom is -0.352 e. The SMILES string of the molecule is CCCNC(=O)c1cnc(SC)nc1. The number of hydrogen-bond donors (Lipinski definition) is 1. The molecule has 1 amide bonds. The Hall–Kier alpha value is -1.10. The minimum atomic E-state index is -0.112. The van der Waals surface area contributed by atoms with Crippen molar-refractivity contribution < 1.29 is 4.79 Å². The number of amides is 1. The average Bonchev–Trinajstić information content (AvgIpc) is 2.26. The zero-order chi connectivity index (χ0) is 10.4. The molecule has 0 saturated heterocycles. The zero-order valence-electron chi connectivity index (χ0n) is 8.28. The van der Waals surface area contributed by atoms with Gasteiger partial charge in [0.1, 0.15) is 0 Å². The summed E-state index contributed by atoms with van der Waals surface area (Å²) in [5.41, 5.74) is 0.510. The molecular weight excluding hydrogens is 198 g/mol. The molecule has 5 heteroatoms. The molecule has 0 aliphatic carbocycles. The molecule has 0 spiro atoms. The number of carbonyl (C=O) groups is 1. The van der Waals surface area contributed by atoms with Crippen molar-refractivity contribution in [3.8, 4) is 0 Å². The van der Waals surface area contributed by atoms with Crippen LogP contribution in [0.4, 0.5) is 0 Å². The van der Waals surface area contributed by atoms with Crippen molar-refractivity contribution in [1.82, 2.24) is 15.3 Å². The first-order chi connectivity index (χ1) is 6.77. The molecule has 0 unspecified atom stereocenters. The van der Waals surface area contributed by atoms with Crippen LogP contribution in [0.5, 0.6) is 0 Å². The summed E-state index contributed by atoms with van der Waals surface area (Å²) in [5, 5.41) is 3.44. The van der Waals surface area contributed by atoms with Crippen LogP contribution < -0.4 is 5.32 Å². The van der Waals surface area contributed by atoms with E-state index in [0.717, 1.165) is 6.42 Å². The van der Waals surface area contributed by atoms with E-state index in [1.165, 1.54) is 11.8 Å². The van der Waals surface area contributed by atoms with Crippen LogP contribution in [0.25, 0.3) is 0 Å². The summed E-state index contributed by atoms with van der Waals surface area (Å²) in [6, 6.07) is 0. The van der Waals surface area contributed by atoms with Gasteiger partial charge in [0.05, 0.1) is 5.56 Å². The van der Waals surface area contributed by atoms with Crippen LogP contribution in [-0.4, -0.2) is 28.7 Å². The molecular formula is C9H13N3OS. The number of aromatic nitrogens is 2. The van der Waals surface area contributed by atoms with Gasteiger partial charge < -0.3 is 5.32 Å². The standard InChI is InChI=1S/C9H13N3OS/c1-3-4-10-8(13)7-5-11-9(14-2)12-6-7/h5-6H,3-4H2,1-2H3,(H,10,13). The maximum absolute atomic E-state index is 11.4. The Morgan fingerprint density at radius 1 is 1.50 bits per heavy atom. The lowest BCUT2D eigenvalue weighted by molar-refractivity contribution is 0.0952. The van der Waals surface area contributed by atoms with Crippen LogP contribution in [0.15, 0.2) is 17.6 Å². The number of hydrogen-bond acceptors (Lipinski definition) is 4. The summed E-state index contributed by atoms with van der Waals surface area (Å²) < 4.78 is 0. The Labute approximate surface area is 87.5 Å². The van der Waals surface area contributed by atoms with Gasteiger partial charge >= 0.3 is 0 Å². The molecule has 0 aliphatic rings. The Morgan fingerprint density at radius 3 is 2.64 bits per heavy atom. The van der Waals surface area contributed by atoms with E-state index in [1.807, 2.05) is 13.2 Å². The van der Waals surface area contributed by atoms with E-state index < -0.39 is 0 Å². The maximum atomic E-state index is 11.4. The average molecular weight is 211 g/mol. The predicted molar refractivity (Wildman–Crippen MR) is 56.4 cm³/mol. The molecule has 0 atom stereocenters. The van der Waals surface area contributed by atoms with Gasteiger partial charge in [-0.05, 0) is 12.7 Å². The lowest BCUT2D eigenvalue weighted by atomic mass is 10.3. The lowest BCUT2D eigenvalue weighted by Gasteiger charge is -2.02. The highest BCUT2D eigenvalue weighted by atomic mass is 32.2. The zero-order valence-corrected chi connectivity index (χ0v) is 9.10. The number of rotatable bonds is 4. The summed E-state index contributed by atoms with van der Waals surface area (Å²) in [4.78, 5) is 19.4. The summed E-state index contributed by atoms with van der Waals surface area (Å²) >= 11 is 1.45. The summed E-state index contributed by atoms with van der Waals surface area (Å²) in [7, 11) is 0. The number of nitrogens with zero attached hydrogens (tertiary/aromatic N) is 2. The van der Waals surface area contributed by atoms with Crippen molar-refractivity contribution in [3.63, 3.8) is 0 Å². The van der Waals surface area contributed by atoms with E-state index in [2.05, 4.69) is 15.3 Å². The van der Waals surface area contributed by atoms with Crippen LogP contribution in [0.3, 0.4) is 0 Å². The first-order valence-corrected chi connectivity index (χ1v) is 5.64. The van der Waals surface area contributed by atoms with Crippen molar-refractivity contribution in [2.75, 3.05) is 12.8 Å². The molecule has 76 valence electrons. The first kappa shape index (κ1) is 11.0. The molecule has 1 aromatic heterocycles. The van der Waals surface area contributed by atoms with Gasteiger partial charge in [0.25, 0.3) is 5.91 Å². The molecule has 1 rings (SSSR count). The highest BCUT2D eigenvalue weighted by Gasteiger charge is 2.05. The van der Waals surface area contributed by atoms with Crippen LogP contribution in [0, 0.1) is 0 Å². The van der Waals surface area contributed by atoms with Crippen LogP contribution >= 0.6 is 11.8 Å². The van der Waals surface area contributed by atoms with E-state index in [4.69, 9.17) is 0 Å². The highest BCUT2D eigenvalue weighted by Crippen LogP contribution is 2.06. The molecule has 0 radical (unpaired) electrons. The van der Waals surface area contributed by atoms with E-state index in [1.54, 1.807) is 12.4 Å². The second-order valence-corrected chi connectivity index (χ2v) is 3.49.